The first-order valence-electron chi connectivity index (χ1n) is 9.56. The van der Waals surface area contributed by atoms with Crippen LogP contribution in [-0.4, -0.2) is 18.7 Å². The summed E-state index contributed by atoms with van der Waals surface area (Å²) in [5.41, 5.74) is 5.08. The van der Waals surface area contributed by atoms with E-state index >= 15 is 0 Å². The molecule has 3 rings (SSSR count). The van der Waals surface area contributed by atoms with E-state index in [9.17, 15) is 4.79 Å². The Morgan fingerprint density at radius 1 is 1.10 bits per heavy atom. The van der Waals surface area contributed by atoms with Gasteiger partial charge in [-0.1, -0.05) is 23.7 Å². The molecule has 0 bridgehead atoms. The highest BCUT2D eigenvalue weighted by Crippen LogP contribution is 2.22. The number of hydrazone groups is 1. The number of nitrogens with one attached hydrogen (secondary N) is 1. The molecule has 0 unspecified atom stereocenters. The molecule has 0 aliphatic heterocycles. The summed E-state index contributed by atoms with van der Waals surface area (Å²) in [6.45, 7) is 2.77. The molecule has 6 nitrogen and oxygen atoms in total. The molecule has 0 heterocycles. The Balaban J connectivity index is 1.64. The Labute approximate surface area is 185 Å². The number of nitriles is 1. The Bertz CT molecular complexity index is 1100. The lowest BCUT2D eigenvalue weighted by atomic mass is 10.1. The van der Waals surface area contributed by atoms with E-state index < -0.39 is 0 Å². The molecule has 156 valence electrons. The lowest BCUT2D eigenvalue weighted by Crippen LogP contribution is -2.17. The molecule has 0 spiro atoms. The minimum atomic E-state index is -0.346. The molecule has 0 aliphatic carbocycles. The van der Waals surface area contributed by atoms with Gasteiger partial charge in [0.2, 0.25) is 0 Å². The summed E-state index contributed by atoms with van der Waals surface area (Å²) in [4.78, 5) is 12.3. The maximum Gasteiger partial charge on any atom is 0.271 e. The van der Waals surface area contributed by atoms with Gasteiger partial charge in [-0.3, -0.25) is 4.79 Å². The molecule has 31 heavy (non-hydrogen) atoms. The number of hydrogen-bond donors (Lipinski definition) is 1. The van der Waals surface area contributed by atoms with Crippen LogP contribution in [0.5, 0.6) is 11.5 Å². The normalized spacial score (nSPS) is 10.5. The van der Waals surface area contributed by atoms with Gasteiger partial charge in [0.05, 0.1) is 24.5 Å². The van der Waals surface area contributed by atoms with Crippen LogP contribution in [0.2, 0.25) is 5.02 Å². The average molecular weight is 434 g/mol. The first-order valence-corrected chi connectivity index (χ1v) is 9.94. The summed E-state index contributed by atoms with van der Waals surface area (Å²) < 4.78 is 11.2. The van der Waals surface area contributed by atoms with Gasteiger partial charge in [0, 0.05) is 16.1 Å². The third-order valence-corrected chi connectivity index (χ3v) is 4.48. The van der Waals surface area contributed by atoms with E-state index in [1.165, 1.54) is 6.21 Å². The van der Waals surface area contributed by atoms with Gasteiger partial charge in [-0.25, -0.2) is 5.43 Å². The molecule has 0 aromatic heterocycles. The third-order valence-electron chi connectivity index (χ3n) is 4.25. The standard InChI is InChI=1S/C24H20ClN3O3/c1-2-30-22-10-7-19(8-11-22)24(29)28-27-15-20-13-21(25)9-12-23(20)31-16-18-5-3-17(14-26)4-6-18/h3-13,15H,2,16H2,1H3,(H,28,29)/b27-15+. The highest BCUT2D eigenvalue weighted by Gasteiger charge is 2.06. The summed E-state index contributed by atoms with van der Waals surface area (Å²) >= 11 is 6.10. The molecular weight excluding hydrogens is 414 g/mol. The number of ether oxygens (including phenoxy) is 2. The maximum absolute atomic E-state index is 12.3. The van der Waals surface area contributed by atoms with Crippen LogP contribution in [0.25, 0.3) is 0 Å². The molecule has 0 aliphatic rings. The number of hydrogen-bond acceptors (Lipinski definition) is 5. The van der Waals surface area contributed by atoms with Gasteiger partial charge >= 0.3 is 0 Å². The Morgan fingerprint density at radius 3 is 2.52 bits per heavy atom. The van der Waals surface area contributed by atoms with Crippen molar-refractivity contribution in [3.8, 4) is 17.6 Å². The molecule has 1 N–H and O–H groups in total. The fraction of sp³-hybridized carbons (Fsp3) is 0.125. The fourth-order valence-corrected chi connectivity index (χ4v) is 2.86. The minimum Gasteiger partial charge on any atom is -0.494 e. The van der Waals surface area contributed by atoms with Gasteiger partial charge < -0.3 is 9.47 Å². The number of carbonyl (C=O) groups is 1. The second-order valence-electron chi connectivity index (χ2n) is 6.44. The molecule has 0 radical (unpaired) electrons. The van der Waals surface area contributed by atoms with Gasteiger partial charge in [-0.15, -0.1) is 0 Å². The van der Waals surface area contributed by atoms with E-state index in [1.54, 1.807) is 54.6 Å². The third kappa shape index (κ3) is 6.33. The van der Waals surface area contributed by atoms with Crippen LogP contribution in [0, 0.1) is 11.3 Å². The highest BCUT2D eigenvalue weighted by atomic mass is 35.5. The van der Waals surface area contributed by atoms with E-state index in [4.69, 9.17) is 26.3 Å². The monoisotopic (exact) mass is 433 g/mol. The van der Waals surface area contributed by atoms with E-state index in [2.05, 4.69) is 16.6 Å². The molecule has 3 aromatic carbocycles. The number of amides is 1. The van der Waals surface area contributed by atoms with Gasteiger partial charge in [-0.2, -0.15) is 10.4 Å². The molecule has 0 saturated heterocycles. The van der Waals surface area contributed by atoms with E-state index in [0.717, 1.165) is 5.56 Å². The summed E-state index contributed by atoms with van der Waals surface area (Å²) in [5, 5.41) is 13.4. The summed E-state index contributed by atoms with van der Waals surface area (Å²) in [6.07, 6.45) is 1.48. The highest BCUT2D eigenvalue weighted by molar-refractivity contribution is 6.30. The van der Waals surface area contributed by atoms with Crippen molar-refractivity contribution in [2.75, 3.05) is 6.61 Å². The fourth-order valence-electron chi connectivity index (χ4n) is 2.68. The molecule has 0 atom stereocenters. The first kappa shape index (κ1) is 21.9. The van der Waals surface area contributed by atoms with Crippen molar-refractivity contribution >= 4 is 23.7 Å². The van der Waals surface area contributed by atoms with Gasteiger partial charge in [0.15, 0.2) is 0 Å². The largest absolute Gasteiger partial charge is 0.494 e. The lowest BCUT2D eigenvalue weighted by Gasteiger charge is -2.10. The Morgan fingerprint density at radius 2 is 1.84 bits per heavy atom. The van der Waals surface area contributed by atoms with E-state index in [1.807, 2.05) is 19.1 Å². The van der Waals surface area contributed by atoms with Crippen LogP contribution in [0.1, 0.15) is 34.0 Å². The van der Waals surface area contributed by atoms with Crippen molar-refractivity contribution in [1.82, 2.24) is 5.43 Å². The predicted octanol–water partition coefficient (Wildman–Crippen LogP) is 4.95. The quantitative estimate of drug-likeness (QED) is 0.402. The Kier molecular flexibility index (Phi) is 7.63. The molecular formula is C24H20ClN3O3. The van der Waals surface area contributed by atoms with Crippen molar-refractivity contribution in [2.24, 2.45) is 5.10 Å². The SMILES string of the molecule is CCOc1ccc(C(=O)N/N=C/c2cc(Cl)ccc2OCc2ccc(C#N)cc2)cc1. The summed E-state index contributed by atoms with van der Waals surface area (Å²) in [6, 6.07) is 21.2. The average Bonchev–Trinajstić information content (AvgIpc) is 2.79. The van der Waals surface area contributed by atoms with Crippen LogP contribution in [0.15, 0.2) is 71.8 Å². The van der Waals surface area contributed by atoms with Crippen LogP contribution < -0.4 is 14.9 Å². The number of carbonyl (C=O) groups excluding carboxylic acids is 1. The number of rotatable bonds is 8. The number of benzene rings is 3. The van der Waals surface area contributed by atoms with Crippen LogP contribution in [-0.2, 0) is 6.61 Å². The second kappa shape index (κ2) is 10.8. The van der Waals surface area contributed by atoms with Crippen molar-refractivity contribution in [2.45, 2.75) is 13.5 Å². The molecule has 1 amide bonds. The van der Waals surface area contributed by atoms with E-state index in [0.29, 0.717) is 46.4 Å². The van der Waals surface area contributed by atoms with Crippen molar-refractivity contribution in [1.29, 1.82) is 5.26 Å². The zero-order chi connectivity index (χ0) is 22.1. The van der Waals surface area contributed by atoms with Gasteiger partial charge in [0.25, 0.3) is 5.91 Å². The van der Waals surface area contributed by atoms with Crippen molar-refractivity contribution in [3.05, 3.63) is 94.0 Å². The zero-order valence-corrected chi connectivity index (χ0v) is 17.6. The zero-order valence-electron chi connectivity index (χ0n) is 16.8. The second-order valence-corrected chi connectivity index (χ2v) is 6.87. The molecule has 0 saturated carbocycles. The van der Waals surface area contributed by atoms with Crippen LogP contribution in [0.4, 0.5) is 0 Å². The molecule has 3 aromatic rings. The van der Waals surface area contributed by atoms with E-state index in [-0.39, 0.29) is 5.91 Å². The van der Waals surface area contributed by atoms with Crippen molar-refractivity contribution in [3.63, 3.8) is 0 Å². The first-order chi connectivity index (χ1) is 15.1. The number of halogens is 1. The van der Waals surface area contributed by atoms with Crippen LogP contribution in [0.3, 0.4) is 0 Å². The summed E-state index contributed by atoms with van der Waals surface area (Å²) in [5.74, 6) is 0.916. The number of nitrogens with zero attached hydrogens (tertiary/aromatic N) is 2. The molecule has 7 heteroatoms. The Hall–Kier alpha value is -3.82. The minimum absolute atomic E-state index is 0.312. The lowest BCUT2D eigenvalue weighted by molar-refractivity contribution is 0.0955. The smallest absolute Gasteiger partial charge is 0.271 e. The molecule has 0 fully saturated rings. The summed E-state index contributed by atoms with van der Waals surface area (Å²) in [7, 11) is 0. The maximum atomic E-state index is 12.3. The van der Waals surface area contributed by atoms with Crippen LogP contribution >= 0.6 is 11.6 Å². The van der Waals surface area contributed by atoms with Gasteiger partial charge in [0.1, 0.15) is 18.1 Å². The topological polar surface area (TPSA) is 83.7 Å². The van der Waals surface area contributed by atoms with Gasteiger partial charge in [-0.05, 0) is 67.1 Å². The predicted molar refractivity (Wildman–Crippen MR) is 120 cm³/mol. The van der Waals surface area contributed by atoms with Crippen molar-refractivity contribution < 1.29 is 14.3 Å².